The Kier molecular flexibility index (Phi) is 5.79. The maximum Gasteiger partial charge on any atom is 0.291 e. The van der Waals surface area contributed by atoms with Gasteiger partial charge in [0.1, 0.15) is 0 Å². The number of nitrogens with zero attached hydrogens (tertiary/aromatic N) is 5. The molecule has 2 N–H and O–H groups in total. The number of aromatic hydroxyl groups is 1. The molecule has 0 aliphatic carbocycles. The number of carbonyl (C=O) groups is 1. The third kappa shape index (κ3) is 4.27. The zero-order valence-corrected chi connectivity index (χ0v) is 19.7. The van der Waals surface area contributed by atoms with E-state index in [9.17, 15) is 23.5 Å². The number of hydrogen-bond acceptors (Lipinski definition) is 7. The summed E-state index contributed by atoms with van der Waals surface area (Å²) in [7, 11) is -4.03. The first kappa shape index (κ1) is 23.0. The van der Waals surface area contributed by atoms with Crippen LogP contribution in [0.3, 0.4) is 0 Å². The number of amides is 1. The van der Waals surface area contributed by atoms with Crippen LogP contribution in [-0.2, 0) is 10.0 Å². The van der Waals surface area contributed by atoms with Gasteiger partial charge in [-0.05, 0) is 23.8 Å². The van der Waals surface area contributed by atoms with Gasteiger partial charge < -0.3 is 20.2 Å². The Morgan fingerprint density at radius 3 is 2.37 bits per heavy atom. The summed E-state index contributed by atoms with van der Waals surface area (Å²) < 4.78 is 28.2. The van der Waals surface area contributed by atoms with Crippen LogP contribution in [0.25, 0.3) is 22.0 Å². The number of aromatic nitrogens is 4. The Morgan fingerprint density at radius 2 is 1.71 bits per heavy atom. The quantitative estimate of drug-likeness (QED) is 0.311. The number of nitrogens with one attached hydrogen (secondary N) is 1. The molecule has 0 atom stereocenters. The third-order valence-corrected chi connectivity index (χ3v) is 7.89. The maximum absolute atomic E-state index is 13.2. The third-order valence-electron chi connectivity index (χ3n) is 5.80. The minimum Gasteiger partial charge on any atom is -0.619 e. The number of sulfonamides is 1. The molecule has 1 aliphatic rings. The summed E-state index contributed by atoms with van der Waals surface area (Å²) in [5.74, 6) is -0.815. The number of halogens is 1. The van der Waals surface area contributed by atoms with E-state index >= 15 is 0 Å². The molecule has 1 fully saturated rings. The summed E-state index contributed by atoms with van der Waals surface area (Å²) >= 11 is 5.96. The molecule has 0 unspecified atom stereocenters. The van der Waals surface area contributed by atoms with E-state index in [2.05, 4.69) is 15.0 Å². The van der Waals surface area contributed by atoms with Crippen LogP contribution in [0.4, 0.5) is 0 Å². The number of hydrogen-bond donors (Lipinski definition) is 2. The number of H-pyrrole nitrogens is 1. The van der Waals surface area contributed by atoms with Gasteiger partial charge in [-0.3, -0.25) is 4.79 Å². The molecular formula is C22H19ClN6O5S. The van der Waals surface area contributed by atoms with Crippen LogP contribution in [0, 0.1) is 5.21 Å². The van der Waals surface area contributed by atoms with E-state index in [1.54, 1.807) is 24.3 Å². The molecule has 0 bridgehead atoms. The Labute approximate surface area is 204 Å². The van der Waals surface area contributed by atoms with Crippen molar-refractivity contribution in [3.05, 3.63) is 71.2 Å². The highest BCUT2D eigenvalue weighted by atomic mass is 35.5. The Morgan fingerprint density at radius 1 is 1.06 bits per heavy atom. The first-order valence-electron chi connectivity index (χ1n) is 10.5. The second-order valence-electron chi connectivity index (χ2n) is 7.93. The van der Waals surface area contributed by atoms with Crippen molar-refractivity contribution in [2.45, 2.75) is 5.03 Å². The van der Waals surface area contributed by atoms with Crippen LogP contribution in [0.2, 0.25) is 5.02 Å². The molecule has 3 aromatic heterocycles. The summed E-state index contributed by atoms with van der Waals surface area (Å²) in [5.41, 5.74) is 1.83. The van der Waals surface area contributed by atoms with Crippen molar-refractivity contribution in [3.8, 4) is 16.9 Å². The number of pyridine rings is 1. The first-order valence-corrected chi connectivity index (χ1v) is 12.4. The highest BCUT2D eigenvalue weighted by molar-refractivity contribution is 7.89. The van der Waals surface area contributed by atoms with Gasteiger partial charge in [0.15, 0.2) is 23.2 Å². The Hall–Kier alpha value is -3.74. The van der Waals surface area contributed by atoms with Crippen molar-refractivity contribution in [2.75, 3.05) is 26.2 Å². The molecule has 1 aliphatic heterocycles. The second kappa shape index (κ2) is 8.80. The molecule has 1 aromatic carbocycles. The standard InChI is InChI=1S/C22H19ClN6O5S/c23-16-1-2-18-17(11-16)19(30)21(26-18)35(33,34)29-9-7-27(8-10-29)22(31)20-24-12-15(13-25-20)14-3-5-28(32)6-4-14/h1-6,11-13,26,30H,7-10H2. The number of carbonyl (C=O) groups excluding carboxylic acids is 1. The van der Waals surface area contributed by atoms with Gasteiger partial charge >= 0.3 is 0 Å². The maximum atomic E-state index is 13.2. The van der Waals surface area contributed by atoms with Crippen molar-refractivity contribution in [1.29, 1.82) is 0 Å². The van der Waals surface area contributed by atoms with E-state index in [0.29, 0.717) is 26.2 Å². The molecule has 0 saturated carbocycles. The molecule has 5 rings (SSSR count). The summed E-state index contributed by atoms with van der Waals surface area (Å²) in [6.45, 7) is 0.359. The molecule has 0 spiro atoms. The lowest BCUT2D eigenvalue weighted by Crippen LogP contribution is -2.50. The predicted octanol–water partition coefficient (Wildman–Crippen LogP) is 1.76. The summed E-state index contributed by atoms with van der Waals surface area (Å²) in [6, 6.07) is 7.91. The molecule has 13 heteroatoms. The minimum absolute atomic E-state index is 0.00924. The van der Waals surface area contributed by atoms with E-state index in [1.165, 1.54) is 40.1 Å². The molecule has 11 nitrogen and oxygen atoms in total. The topological polar surface area (TPSA) is 146 Å². The highest BCUT2D eigenvalue weighted by Gasteiger charge is 2.34. The minimum atomic E-state index is -4.03. The monoisotopic (exact) mass is 514 g/mol. The average molecular weight is 515 g/mol. The molecule has 1 amide bonds. The number of fused-ring (bicyclic) bond motifs is 1. The van der Waals surface area contributed by atoms with Gasteiger partial charge in [0, 0.05) is 66.7 Å². The molecular weight excluding hydrogens is 496 g/mol. The van der Waals surface area contributed by atoms with Crippen molar-refractivity contribution >= 4 is 38.4 Å². The van der Waals surface area contributed by atoms with Crippen LogP contribution in [0.5, 0.6) is 5.75 Å². The predicted molar refractivity (Wildman–Crippen MR) is 126 cm³/mol. The zero-order valence-electron chi connectivity index (χ0n) is 18.1. The highest BCUT2D eigenvalue weighted by Crippen LogP contribution is 2.35. The first-order chi connectivity index (χ1) is 16.7. The van der Waals surface area contributed by atoms with E-state index in [0.717, 1.165) is 5.56 Å². The van der Waals surface area contributed by atoms with Gasteiger partial charge in [-0.2, -0.15) is 9.04 Å². The van der Waals surface area contributed by atoms with E-state index in [-0.39, 0.29) is 37.0 Å². The lowest BCUT2D eigenvalue weighted by molar-refractivity contribution is -0.605. The van der Waals surface area contributed by atoms with E-state index < -0.39 is 21.7 Å². The summed E-state index contributed by atoms with van der Waals surface area (Å²) in [4.78, 5) is 25.4. The van der Waals surface area contributed by atoms with E-state index in [4.69, 9.17) is 11.6 Å². The summed E-state index contributed by atoms with van der Waals surface area (Å²) in [5, 5.41) is 22.1. The fraction of sp³-hybridized carbons (Fsp3) is 0.182. The Balaban J connectivity index is 1.28. The van der Waals surface area contributed by atoms with Crippen LogP contribution < -0.4 is 4.73 Å². The van der Waals surface area contributed by atoms with E-state index in [1.807, 2.05) is 0 Å². The normalized spacial score (nSPS) is 14.9. The SMILES string of the molecule is O=C(c1ncc(-c2cc[n+]([O-])cc2)cn1)N1CCN(S(=O)(=O)c2[nH]c3ccc(Cl)cc3c2O)CC1. The number of piperazine rings is 1. The fourth-order valence-corrected chi connectivity index (χ4v) is 5.57. The fourth-order valence-electron chi connectivity index (χ4n) is 3.91. The van der Waals surface area contributed by atoms with Crippen molar-refractivity contribution in [2.24, 2.45) is 0 Å². The van der Waals surface area contributed by atoms with Crippen molar-refractivity contribution in [3.63, 3.8) is 0 Å². The number of aromatic amines is 1. The lowest BCUT2D eigenvalue weighted by Gasteiger charge is -2.33. The number of rotatable bonds is 4. The molecule has 1 saturated heterocycles. The van der Waals surface area contributed by atoms with Crippen LogP contribution in [0.1, 0.15) is 10.6 Å². The van der Waals surface area contributed by atoms with Crippen molar-refractivity contribution in [1.82, 2.24) is 24.2 Å². The largest absolute Gasteiger partial charge is 0.619 e. The zero-order chi connectivity index (χ0) is 24.7. The molecule has 180 valence electrons. The van der Waals surface area contributed by atoms with Gasteiger partial charge in [0.2, 0.25) is 5.82 Å². The van der Waals surface area contributed by atoms with Gasteiger partial charge in [0.25, 0.3) is 15.9 Å². The smallest absolute Gasteiger partial charge is 0.291 e. The lowest BCUT2D eigenvalue weighted by atomic mass is 10.1. The van der Waals surface area contributed by atoms with Crippen LogP contribution in [-0.4, -0.2) is 69.8 Å². The van der Waals surface area contributed by atoms with Gasteiger partial charge in [-0.15, -0.1) is 0 Å². The molecule has 35 heavy (non-hydrogen) atoms. The van der Waals surface area contributed by atoms with Gasteiger partial charge in [0.05, 0.1) is 5.52 Å². The number of benzene rings is 1. The van der Waals surface area contributed by atoms with Gasteiger partial charge in [-0.1, -0.05) is 11.6 Å². The second-order valence-corrected chi connectivity index (χ2v) is 10.2. The van der Waals surface area contributed by atoms with Crippen molar-refractivity contribution < 1.29 is 23.0 Å². The Bertz CT molecular complexity index is 1510. The molecule has 0 radical (unpaired) electrons. The average Bonchev–Trinajstić information content (AvgIpc) is 3.20. The van der Waals surface area contributed by atoms with Crippen LogP contribution in [0.15, 0.2) is 60.1 Å². The molecule has 4 aromatic rings. The molecule has 4 heterocycles. The van der Waals surface area contributed by atoms with Crippen LogP contribution >= 0.6 is 11.6 Å². The summed E-state index contributed by atoms with van der Waals surface area (Å²) in [6.07, 6.45) is 5.70. The van der Waals surface area contributed by atoms with Gasteiger partial charge in [-0.25, -0.2) is 18.4 Å².